The summed E-state index contributed by atoms with van der Waals surface area (Å²) in [5.41, 5.74) is -0.0524. The third-order valence-electron chi connectivity index (χ3n) is 3.68. The summed E-state index contributed by atoms with van der Waals surface area (Å²) in [4.78, 5) is 14.0. The Hall–Kier alpha value is -0.410. The van der Waals surface area contributed by atoms with Gasteiger partial charge in [0, 0.05) is 39.1 Å². The topological polar surface area (TPSA) is 29.5 Å². The molecule has 1 unspecified atom stereocenters. The molecule has 1 heterocycles. The van der Waals surface area contributed by atoms with Crippen LogP contribution in [0, 0.1) is 5.92 Å². The number of nitrogens with zero attached hydrogens (tertiary/aromatic N) is 1. The number of ketones is 1. The van der Waals surface area contributed by atoms with Gasteiger partial charge in [-0.1, -0.05) is 6.92 Å². The summed E-state index contributed by atoms with van der Waals surface area (Å²) in [6.07, 6.45) is 2.73. The van der Waals surface area contributed by atoms with E-state index < -0.39 is 0 Å². The van der Waals surface area contributed by atoms with Crippen molar-refractivity contribution in [3.8, 4) is 0 Å². The number of likely N-dealkylation sites (tertiary alicyclic amines) is 1. The average Bonchev–Trinajstić information content (AvgIpc) is 2.28. The molecular weight excluding hydrogens is 202 g/mol. The summed E-state index contributed by atoms with van der Waals surface area (Å²) in [6.45, 7) is 9.22. The first-order valence-electron chi connectivity index (χ1n) is 6.28. The van der Waals surface area contributed by atoms with Crippen molar-refractivity contribution in [1.82, 2.24) is 4.90 Å². The van der Waals surface area contributed by atoms with Crippen molar-refractivity contribution in [2.45, 2.75) is 45.6 Å². The second-order valence-corrected chi connectivity index (χ2v) is 5.34. The maximum atomic E-state index is 11.6. The SMILES string of the molecule is CCC1CN(CCC(C)(C)OC)CCC1=O. The summed E-state index contributed by atoms with van der Waals surface area (Å²) in [6, 6.07) is 0. The lowest BCUT2D eigenvalue weighted by Crippen LogP contribution is -2.42. The highest BCUT2D eigenvalue weighted by atomic mass is 16.5. The van der Waals surface area contributed by atoms with Gasteiger partial charge in [-0.15, -0.1) is 0 Å². The molecule has 1 fully saturated rings. The molecule has 0 spiro atoms. The summed E-state index contributed by atoms with van der Waals surface area (Å²) in [7, 11) is 1.76. The van der Waals surface area contributed by atoms with E-state index in [4.69, 9.17) is 4.74 Å². The van der Waals surface area contributed by atoms with E-state index in [-0.39, 0.29) is 11.5 Å². The van der Waals surface area contributed by atoms with Crippen LogP contribution in [0.4, 0.5) is 0 Å². The third-order valence-corrected chi connectivity index (χ3v) is 3.68. The van der Waals surface area contributed by atoms with Gasteiger partial charge in [-0.2, -0.15) is 0 Å². The Morgan fingerprint density at radius 3 is 2.75 bits per heavy atom. The molecule has 0 aromatic carbocycles. The molecule has 3 heteroatoms. The van der Waals surface area contributed by atoms with Gasteiger partial charge in [-0.25, -0.2) is 0 Å². The fourth-order valence-corrected chi connectivity index (χ4v) is 2.07. The first-order valence-corrected chi connectivity index (χ1v) is 6.28. The Morgan fingerprint density at radius 1 is 1.50 bits per heavy atom. The zero-order chi connectivity index (χ0) is 12.2. The van der Waals surface area contributed by atoms with Crippen molar-refractivity contribution in [1.29, 1.82) is 0 Å². The maximum absolute atomic E-state index is 11.6. The third kappa shape index (κ3) is 3.87. The lowest BCUT2D eigenvalue weighted by Gasteiger charge is -2.33. The van der Waals surface area contributed by atoms with E-state index in [2.05, 4.69) is 25.7 Å². The van der Waals surface area contributed by atoms with Crippen molar-refractivity contribution in [3.05, 3.63) is 0 Å². The average molecular weight is 227 g/mol. The minimum Gasteiger partial charge on any atom is -0.379 e. The Kier molecular flexibility index (Phi) is 4.93. The summed E-state index contributed by atoms with van der Waals surface area (Å²) in [5, 5.41) is 0. The standard InChI is InChI=1S/C13H25NO2/c1-5-11-10-14(8-6-12(11)15)9-7-13(2,3)16-4/h11H,5-10H2,1-4H3. The largest absolute Gasteiger partial charge is 0.379 e. The molecule has 16 heavy (non-hydrogen) atoms. The molecule has 94 valence electrons. The Bertz CT molecular complexity index is 238. The molecule has 0 aromatic rings. The molecule has 1 saturated heterocycles. The molecule has 1 atom stereocenters. The van der Waals surface area contributed by atoms with Crippen LogP contribution in [0.3, 0.4) is 0 Å². The van der Waals surface area contributed by atoms with Gasteiger partial charge in [0.1, 0.15) is 5.78 Å². The fourth-order valence-electron chi connectivity index (χ4n) is 2.07. The van der Waals surface area contributed by atoms with Crippen LogP contribution >= 0.6 is 0 Å². The van der Waals surface area contributed by atoms with Gasteiger partial charge >= 0.3 is 0 Å². The van der Waals surface area contributed by atoms with Crippen LogP contribution in [0.25, 0.3) is 0 Å². The van der Waals surface area contributed by atoms with E-state index in [1.807, 2.05) is 0 Å². The summed E-state index contributed by atoms with van der Waals surface area (Å²) < 4.78 is 5.41. The van der Waals surface area contributed by atoms with Gasteiger partial charge in [0.2, 0.25) is 0 Å². The maximum Gasteiger partial charge on any atom is 0.138 e. The van der Waals surface area contributed by atoms with Crippen LogP contribution in [-0.4, -0.2) is 43.0 Å². The monoisotopic (exact) mass is 227 g/mol. The molecule has 3 nitrogen and oxygen atoms in total. The number of ether oxygens (including phenoxy) is 1. The molecule has 1 rings (SSSR count). The highest BCUT2D eigenvalue weighted by molar-refractivity contribution is 5.82. The lowest BCUT2D eigenvalue weighted by molar-refractivity contribution is -0.126. The molecule has 0 bridgehead atoms. The van der Waals surface area contributed by atoms with E-state index >= 15 is 0 Å². The van der Waals surface area contributed by atoms with Crippen molar-refractivity contribution < 1.29 is 9.53 Å². The predicted octanol–water partition coefficient (Wildman–Crippen LogP) is 2.10. The normalized spacial score (nSPS) is 23.8. The second kappa shape index (κ2) is 5.78. The smallest absolute Gasteiger partial charge is 0.138 e. The van der Waals surface area contributed by atoms with Gasteiger partial charge < -0.3 is 9.64 Å². The number of carbonyl (C=O) groups excluding carboxylic acids is 1. The van der Waals surface area contributed by atoms with E-state index in [1.54, 1.807) is 7.11 Å². The molecule has 0 aliphatic carbocycles. The fraction of sp³-hybridized carbons (Fsp3) is 0.923. The quantitative estimate of drug-likeness (QED) is 0.720. The number of hydrogen-bond donors (Lipinski definition) is 0. The minimum absolute atomic E-state index is 0.0524. The number of piperidine rings is 1. The molecule has 1 aliphatic rings. The van der Waals surface area contributed by atoms with Crippen LogP contribution in [0.15, 0.2) is 0 Å². The number of Topliss-reactive ketones (excluding diaryl/α,β-unsaturated/α-hetero) is 1. The highest BCUT2D eigenvalue weighted by Crippen LogP contribution is 2.19. The Morgan fingerprint density at radius 2 is 2.19 bits per heavy atom. The molecule has 0 radical (unpaired) electrons. The molecule has 0 N–H and O–H groups in total. The zero-order valence-electron chi connectivity index (χ0n) is 11.1. The van der Waals surface area contributed by atoms with Gasteiger partial charge in [0.25, 0.3) is 0 Å². The Balaban J connectivity index is 2.36. The molecule has 0 saturated carbocycles. The lowest BCUT2D eigenvalue weighted by atomic mass is 9.93. The number of methoxy groups -OCH3 is 1. The van der Waals surface area contributed by atoms with Crippen LogP contribution in [0.5, 0.6) is 0 Å². The Labute approximate surface area is 99.1 Å². The number of hydrogen-bond acceptors (Lipinski definition) is 3. The molecule has 0 aromatic heterocycles. The van der Waals surface area contributed by atoms with Crippen molar-refractivity contribution in [2.75, 3.05) is 26.7 Å². The van der Waals surface area contributed by atoms with Gasteiger partial charge in [0.15, 0.2) is 0 Å². The first kappa shape index (κ1) is 13.7. The van der Waals surface area contributed by atoms with Gasteiger partial charge in [0.05, 0.1) is 5.60 Å². The molecule has 0 amide bonds. The zero-order valence-corrected chi connectivity index (χ0v) is 11.1. The van der Waals surface area contributed by atoms with Crippen molar-refractivity contribution in [3.63, 3.8) is 0 Å². The molecule has 1 aliphatic heterocycles. The highest BCUT2D eigenvalue weighted by Gasteiger charge is 2.26. The molecular formula is C13H25NO2. The van der Waals surface area contributed by atoms with Crippen LogP contribution in [-0.2, 0) is 9.53 Å². The van der Waals surface area contributed by atoms with Crippen molar-refractivity contribution in [2.24, 2.45) is 5.92 Å². The first-order chi connectivity index (χ1) is 7.48. The second-order valence-electron chi connectivity index (χ2n) is 5.34. The van der Waals surface area contributed by atoms with Crippen LogP contribution in [0.2, 0.25) is 0 Å². The number of rotatable bonds is 5. The van der Waals surface area contributed by atoms with Crippen LogP contribution in [0.1, 0.15) is 40.0 Å². The summed E-state index contributed by atoms with van der Waals surface area (Å²) >= 11 is 0. The van der Waals surface area contributed by atoms with Crippen molar-refractivity contribution >= 4 is 5.78 Å². The van der Waals surface area contributed by atoms with Crippen LogP contribution < -0.4 is 0 Å². The number of carbonyl (C=O) groups is 1. The predicted molar refractivity (Wildman–Crippen MR) is 65.6 cm³/mol. The van der Waals surface area contributed by atoms with E-state index in [1.165, 1.54) is 0 Å². The van der Waals surface area contributed by atoms with E-state index in [0.29, 0.717) is 5.78 Å². The summed E-state index contributed by atoms with van der Waals surface area (Å²) in [5.74, 6) is 0.712. The van der Waals surface area contributed by atoms with E-state index in [0.717, 1.165) is 38.9 Å². The van der Waals surface area contributed by atoms with Gasteiger partial charge in [-0.3, -0.25) is 4.79 Å². The van der Waals surface area contributed by atoms with Gasteiger partial charge in [-0.05, 0) is 26.7 Å². The van der Waals surface area contributed by atoms with E-state index in [9.17, 15) is 4.79 Å². The minimum atomic E-state index is -0.0524.